The van der Waals surface area contributed by atoms with Crippen molar-refractivity contribution in [3.8, 4) is 0 Å². The summed E-state index contributed by atoms with van der Waals surface area (Å²) in [5, 5.41) is 2.81. The van der Waals surface area contributed by atoms with E-state index in [1.54, 1.807) is 6.92 Å². The van der Waals surface area contributed by atoms with Crippen LogP contribution in [0.1, 0.15) is 54.4 Å². The second-order valence-electron chi connectivity index (χ2n) is 6.52. The van der Waals surface area contributed by atoms with Crippen LogP contribution in [0.3, 0.4) is 0 Å². The van der Waals surface area contributed by atoms with Crippen molar-refractivity contribution in [3.63, 3.8) is 0 Å². The highest BCUT2D eigenvalue weighted by atomic mass is 16.2. The average Bonchev–Trinajstić information content (AvgIpc) is 2.99. The first-order valence-corrected chi connectivity index (χ1v) is 6.77. The summed E-state index contributed by atoms with van der Waals surface area (Å²) in [7, 11) is 0. The molecule has 1 atom stereocenters. The fourth-order valence-corrected chi connectivity index (χ4v) is 1.91. The van der Waals surface area contributed by atoms with Crippen LogP contribution >= 0.6 is 0 Å². The molecule has 1 aliphatic carbocycles. The van der Waals surface area contributed by atoms with E-state index in [1.807, 2.05) is 39.5 Å². The van der Waals surface area contributed by atoms with Crippen molar-refractivity contribution in [1.82, 2.24) is 10.2 Å². The first-order valence-electron chi connectivity index (χ1n) is 6.77. The zero-order valence-corrected chi connectivity index (χ0v) is 12.4. The Morgan fingerprint density at radius 3 is 2.00 bits per heavy atom. The molecule has 0 aromatic heterocycles. The lowest BCUT2D eigenvalue weighted by Crippen LogP contribution is -2.52. The summed E-state index contributed by atoms with van der Waals surface area (Å²) in [4.78, 5) is 26.1. The van der Waals surface area contributed by atoms with Crippen molar-refractivity contribution >= 4 is 11.8 Å². The van der Waals surface area contributed by atoms with Gasteiger partial charge in [0.05, 0.1) is 0 Å². The molecule has 2 amide bonds. The van der Waals surface area contributed by atoms with Gasteiger partial charge in [0, 0.05) is 17.5 Å². The lowest BCUT2D eigenvalue weighted by Gasteiger charge is -2.31. The van der Waals surface area contributed by atoms with Gasteiger partial charge in [-0.2, -0.15) is 0 Å². The molecule has 0 aromatic rings. The minimum absolute atomic E-state index is 0.0325. The third-order valence-corrected chi connectivity index (χ3v) is 3.15. The number of amides is 2. The van der Waals surface area contributed by atoms with E-state index in [-0.39, 0.29) is 17.9 Å². The van der Waals surface area contributed by atoms with Crippen LogP contribution in [0.4, 0.5) is 0 Å². The molecule has 1 aliphatic rings. The van der Waals surface area contributed by atoms with Crippen molar-refractivity contribution in [2.45, 2.75) is 72.5 Å². The molecule has 4 heteroatoms. The van der Waals surface area contributed by atoms with E-state index < -0.39 is 11.5 Å². The predicted octanol–water partition coefficient (Wildman–Crippen LogP) is 1.94. The van der Waals surface area contributed by atoms with Crippen LogP contribution in [0.25, 0.3) is 0 Å². The maximum absolute atomic E-state index is 12.3. The van der Waals surface area contributed by atoms with Gasteiger partial charge in [-0.25, -0.2) is 0 Å². The SMILES string of the molecule is CC(NC(=O)C(C)(C)C)C(=O)N(C(C)C)C1CC1. The van der Waals surface area contributed by atoms with Gasteiger partial charge in [-0.3, -0.25) is 9.59 Å². The van der Waals surface area contributed by atoms with E-state index in [4.69, 9.17) is 0 Å². The first kappa shape index (κ1) is 15.0. The molecule has 104 valence electrons. The zero-order valence-electron chi connectivity index (χ0n) is 12.4. The van der Waals surface area contributed by atoms with Crippen molar-refractivity contribution in [1.29, 1.82) is 0 Å². The Morgan fingerprint density at radius 2 is 1.67 bits per heavy atom. The molecule has 4 nitrogen and oxygen atoms in total. The van der Waals surface area contributed by atoms with E-state index in [0.29, 0.717) is 6.04 Å². The summed E-state index contributed by atoms with van der Waals surface area (Å²) >= 11 is 0. The van der Waals surface area contributed by atoms with E-state index in [1.165, 1.54) is 0 Å². The molecule has 1 N–H and O–H groups in total. The van der Waals surface area contributed by atoms with Crippen molar-refractivity contribution < 1.29 is 9.59 Å². The molecule has 0 aromatic carbocycles. The molecule has 18 heavy (non-hydrogen) atoms. The zero-order chi connectivity index (χ0) is 14.1. The molecule has 1 rings (SSSR count). The highest BCUT2D eigenvalue weighted by molar-refractivity contribution is 5.89. The number of nitrogens with zero attached hydrogens (tertiary/aromatic N) is 1. The molecular formula is C14H26N2O2. The van der Waals surface area contributed by atoms with E-state index in [9.17, 15) is 9.59 Å². The smallest absolute Gasteiger partial charge is 0.245 e. The maximum Gasteiger partial charge on any atom is 0.245 e. The highest BCUT2D eigenvalue weighted by Crippen LogP contribution is 2.29. The van der Waals surface area contributed by atoms with Crippen molar-refractivity contribution in [2.75, 3.05) is 0 Å². The summed E-state index contributed by atoms with van der Waals surface area (Å²) in [5.74, 6) is -0.0482. The third-order valence-electron chi connectivity index (χ3n) is 3.15. The van der Waals surface area contributed by atoms with Crippen LogP contribution in [0, 0.1) is 5.41 Å². The number of nitrogens with one attached hydrogen (secondary N) is 1. The van der Waals surface area contributed by atoms with Crippen LogP contribution in [0.15, 0.2) is 0 Å². The fourth-order valence-electron chi connectivity index (χ4n) is 1.91. The first-order chi connectivity index (χ1) is 8.14. The quantitative estimate of drug-likeness (QED) is 0.833. The molecule has 0 bridgehead atoms. The van der Waals surface area contributed by atoms with Crippen LogP contribution in [-0.4, -0.2) is 34.8 Å². The summed E-state index contributed by atoms with van der Waals surface area (Å²) in [6.07, 6.45) is 2.17. The third kappa shape index (κ3) is 3.72. The van der Waals surface area contributed by atoms with Gasteiger partial charge < -0.3 is 10.2 Å². The second kappa shape index (κ2) is 5.29. The van der Waals surface area contributed by atoms with Gasteiger partial charge in [-0.1, -0.05) is 20.8 Å². The van der Waals surface area contributed by atoms with Gasteiger partial charge in [0.2, 0.25) is 11.8 Å². The lowest BCUT2D eigenvalue weighted by molar-refractivity contribution is -0.139. The highest BCUT2D eigenvalue weighted by Gasteiger charge is 2.37. The van der Waals surface area contributed by atoms with Crippen molar-refractivity contribution in [3.05, 3.63) is 0 Å². The van der Waals surface area contributed by atoms with Gasteiger partial charge in [0.15, 0.2) is 0 Å². The average molecular weight is 254 g/mol. The molecule has 0 aliphatic heterocycles. The molecule has 0 saturated heterocycles. The predicted molar refractivity (Wildman–Crippen MR) is 72.1 cm³/mol. The van der Waals surface area contributed by atoms with Crippen molar-refractivity contribution in [2.24, 2.45) is 5.41 Å². The Balaban J connectivity index is 2.62. The largest absolute Gasteiger partial charge is 0.344 e. The number of carbonyl (C=O) groups excluding carboxylic acids is 2. The summed E-state index contributed by atoms with van der Waals surface area (Å²) in [5.41, 5.74) is -0.462. The van der Waals surface area contributed by atoms with Crippen LogP contribution in [-0.2, 0) is 9.59 Å². The fraction of sp³-hybridized carbons (Fsp3) is 0.857. The number of carbonyl (C=O) groups is 2. The van der Waals surface area contributed by atoms with Gasteiger partial charge in [-0.05, 0) is 33.6 Å². The molecule has 0 spiro atoms. The van der Waals surface area contributed by atoms with Crippen LogP contribution < -0.4 is 5.32 Å². The van der Waals surface area contributed by atoms with E-state index in [0.717, 1.165) is 12.8 Å². The van der Waals surface area contributed by atoms with Crippen LogP contribution in [0.5, 0.6) is 0 Å². The minimum atomic E-state index is -0.462. The molecular weight excluding hydrogens is 228 g/mol. The van der Waals surface area contributed by atoms with Gasteiger partial charge in [-0.15, -0.1) is 0 Å². The van der Waals surface area contributed by atoms with E-state index >= 15 is 0 Å². The standard InChI is InChI=1S/C14H26N2O2/c1-9(2)16(11-7-8-11)12(17)10(3)15-13(18)14(4,5)6/h9-11H,7-8H2,1-6H3,(H,15,18). The van der Waals surface area contributed by atoms with Gasteiger partial charge in [0.25, 0.3) is 0 Å². The molecule has 1 saturated carbocycles. The molecule has 1 fully saturated rings. The monoisotopic (exact) mass is 254 g/mol. The lowest BCUT2D eigenvalue weighted by atomic mass is 9.95. The summed E-state index contributed by atoms with van der Waals surface area (Å²) in [6, 6.07) is 0.130. The topological polar surface area (TPSA) is 49.4 Å². The molecule has 0 heterocycles. The van der Waals surface area contributed by atoms with Crippen LogP contribution in [0.2, 0.25) is 0 Å². The normalized spacial score (nSPS) is 17.5. The number of hydrogen-bond donors (Lipinski definition) is 1. The Labute approximate surface area is 110 Å². The number of rotatable bonds is 4. The maximum atomic E-state index is 12.3. The Hall–Kier alpha value is -1.06. The Kier molecular flexibility index (Phi) is 4.41. The molecule has 0 radical (unpaired) electrons. The Morgan fingerprint density at radius 1 is 1.17 bits per heavy atom. The minimum Gasteiger partial charge on any atom is -0.344 e. The van der Waals surface area contributed by atoms with Gasteiger partial charge in [0.1, 0.15) is 6.04 Å². The molecule has 1 unspecified atom stereocenters. The van der Waals surface area contributed by atoms with Gasteiger partial charge >= 0.3 is 0 Å². The second-order valence-corrected chi connectivity index (χ2v) is 6.52. The summed E-state index contributed by atoms with van der Waals surface area (Å²) < 4.78 is 0. The number of hydrogen-bond acceptors (Lipinski definition) is 2. The van der Waals surface area contributed by atoms with E-state index in [2.05, 4.69) is 5.32 Å². The summed E-state index contributed by atoms with van der Waals surface area (Å²) in [6.45, 7) is 11.4. The Bertz CT molecular complexity index is 325.